The van der Waals surface area contributed by atoms with Crippen LogP contribution in [0.2, 0.25) is 0 Å². The lowest BCUT2D eigenvalue weighted by Gasteiger charge is -2.13. The second-order valence-electron chi connectivity index (χ2n) is 3.27. The average Bonchev–Trinajstić information content (AvgIpc) is 2.23. The predicted octanol–water partition coefficient (Wildman–Crippen LogP) is 1.90. The number of rotatable bonds is 3. The highest BCUT2D eigenvalue weighted by Gasteiger charge is 2.31. The molecule has 0 aliphatic heterocycles. The average molecular weight is 267 g/mol. The highest BCUT2D eigenvalue weighted by atomic mass is 19.4. The third-order valence-electron chi connectivity index (χ3n) is 1.94. The highest BCUT2D eigenvalue weighted by molar-refractivity contribution is 5.77. The molecular formula is C10H9F4NO3. The van der Waals surface area contributed by atoms with Gasteiger partial charge >= 0.3 is 12.3 Å². The molecule has 0 aliphatic carbocycles. The number of methoxy groups -OCH3 is 1. The molecule has 0 saturated heterocycles. The Morgan fingerprint density at radius 3 is 2.44 bits per heavy atom. The van der Waals surface area contributed by atoms with E-state index in [0.29, 0.717) is 6.07 Å². The second kappa shape index (κ2) is 5.21. The van der Waals surface area contributed by atoms with E-state index in [2.05, 4.69) is 9.47 Å². The molecule has 1 unspecified atom stereocenters. The topological polar surface area (TPSA) is 61.5 Å². The first-order valence-electron chi connectivity index (χ1n) is 4.62. The van der Waals surface area contributed by atoms with Crippen LogP contribution >= 0.6 is 0 Å². The molecule has 0 radical (unpaired) electrons. The molecule has 0 heterocycles. The Morgan fingerprint density at radius 1 is 1.33 bits per heavy atom. The molecule has 1 aromatic carbocycles. The lowest BCUT2D eigenvalue weighted by atomic mass is 10.1. The highest BCUT2D eigenvalue weighted by Crippen LogP contribution is 2.26. The minimum Gasteiger partial charge on any atom is -0.468 e. The minimum absolute atomic E-state index is 0.180. The van der Waals surface area contributed by atoms with Crippen LogP contribution in [-0.2, 0) is 9.53 Å². The summed E-state index contributed by atoms with van der Waals surface area (Å²) in [5.74, 6) is -2.71. The van der Waals surface area contributed by atoms with Crippen molar-refractivity contribution < 1.29 is 31.8 Å². The van der Waals surface area contributed by atoms with E-state index in [1.54, 1.807) is 0 Å². The third-order valence-corrected chi connectivity index (χ3v) is 1.94. The number of benzene rings is 1. The number of ether oxygens (including phenoxy) is 2. The number of carbonyl (C=O) groups excluding carboxylic acids is 1. The molecule has 2 N–H and O–H groups in total. The second-order valence-corrected chi connectivity index (χ2v) is 3.27. The fourth-order valence-corrected chi connectivity index (χ4v) is 1.22. The maximum absolute atomic E-state index is 13.1. The maximum Gasteiger partial charge on any atom is 0.573 e. The zero-order chi connectivity index (χ0) is 13.9. The summed E-state index contributed by atoms with van der Waals surface area (Å²) in [5.41, 5.74) is 5.19. The summed E-state index contributed by atoms with van der Waals surface area (Å²) in [4.78, 5) is 11.1. The molecular weight excluding hydrogens is 258 g/mol. The summed E-state index contributed by atoms with van der Waals surface area (Å²) in [6, 6.07) is 0.783. The number of hydrogen-bond donors (Lipinski definition) is 1. The van der Waals surface area contributed by atoms with Crippen LogP contribution in [0.4, 0.5) is 17.6 Å². The van der Waals surface area contributed by atoms with Gasteiger partial charge in [-0.05, 0) is 17.7 Å². The first-order valence-corrected chi connectivity index (χ1v) is 4.62. The number of hydrogen-bond acceptors (Lipinski definition) is 4. The lowest BCUT2D eigenvalue weighted by molar-refractivity contribution is -0.274. The van der Waals surface area contributed by atoms with Crippen molar-refractivity contribution in [1.82, 2.24) is 0 Å². The number of carbonyl (C=O) groups is 1. The van der Waals surface area contributed by atoms with Crippen molar-refractivity contribution in [3.63, 3.8) is 0 Å². The Morgan fingerprint density at radius 2 is 1.94 bits per heavy atom. The van der Waals surface area contributed by atoms with Crippen molar-refractivity contribution in [3.05, 3.63) is 29.6 Å². The molecule has 0 aromatic heterocycles. The fraction of sp³-hybridized carbons (Fsp3) is 0.300. The van der Waals surface area contributed by atoms with E-state index in [1.807, 2.05) is 0 Å². The van der Waals surface area contributed by atoms with Crippen LogP contribution in [0, 0.1) is 5.82 Å². The van der Waals surface area contributed by atoms with Gasteiger partial charge < -0.3 is 15.2 Å². The van der Waals surface area contributed by atoms with Gasteiger partial charge in [0, 0.05) is 6.07 Å². The molecule has 0 saturated carbocycles. The quantitative estimate of drug-likeness (QED) is 0.671. The number of nitrogens with two attached hydrogens (primary N) is 1. The van der Waals surface area contributed by atoms with E-state index in [-0.39, 0.29) is 5.56 Å². The van der Waals surface area contributed by atoms with Gasteiger partial charge in [-0.3, -0.25) is 4.79 Å². The number of alkyl halides is 3. The van der Waals surface area contributed by atoms with E-state index in [0.717, 1.165) is 19.2 Å². The zero-order valence-corrected chi connectivity index (χ0v) is 9.12. The summed E-state index contributed by atoms with van der Waals surface area (Å²) in [5, 5.41) is 0. The van der Waals surface area contributed by atoms with Gasteiger partial charge in [0.05, 0.1) is 7.11 Å². The molecule has 1 atom stereocenters. The van der Waals surface area contributed by atoms with Crippen LogP contribution in [0.15, 0.2) is 18.2 Å². The molecule has 18 heavy (non-hydrogen) atoms. The molecule has 0 amide bonds. The molecule has 100 valence electrons. The summed E-state index contributed by atoms with van der Waals surface area (Å²) in [6.07, 6.45) is -4.96. The van der Waals surface area contributed by atoms with Gasteiger partial charge in [-0.1, -0.05) is 0 Å². The minimum atomic E-state index is -4.96. The van der Waals surface area contributed by atoms with Crippen LogP contribution in [0.5, 0.6) is 5.75 Å². The van der Waals surface area contributed by atoms with Crippen molar-refractivity contribution in [2.45, 2.75) is 12.4 Å². The van der Waals surface area contributed by atoms with Gasteiger partial charge in [0.2, 0.25) is 0 Å². The van der Waals surface area contributed by atoms with Crippen molar-refractivity contribution >= 4 is 5.97 Å². The monoisotopic (exact) mass is 267 g/mol. The molecule has 0 aliphatic rings. The van der Waals surface area contributed by atoms with Gasteiger partial charge in [0.15, 0.2) is 0 Å². The largest absolute Gasteiger partial charge is 0.573 e. The van der Waals surface area contributed by atoms with Crippen LogP contribution in [0.1, 0.15) is 11.6 Å². The molecule has 0 spiro atoms. The zero-order valence-electron chi connectivity index (χ0n) is 9.12. The van der Waals surface area contributed by atoms with Gasteiger partial charge in [-0.2, -0.15) is 0 Å². The van der Waals surface area contributed by atoms with Gasteiger partial charge in [-0.25, -0.2) is 4.39 Å². The Kier molecular flexibility index (Phi) is 4.12. The summed E-state index contributed by atoms with van der Waals surface area (Å²) in [7, 11) is 1.05. The maximum atomic E-state index is 13.1. The fourth-order valence-electron chi connectivity index (χ4n) is 1.22. The van der Waals surface area contributed by atoms with Gasteiger partial charge in [-0.15, -0.1) is 13.2 Å². The third kappa shape index (κ3) is 3.88. The van der Waals surface area contributed by atoms with Crippen molar-refractivity contribution in [2.24, 2.45) is 5.73 Å². The first kappa shape index (κ1) is 14.2. The normalized spacial score (nSPS) is 13.0. The Labute approximate surface area is 99.3 Å². The Bertz CT molecular complexity index is 447. The molecule has 8 heteroatoms. The predicted molar refractivity (Wildman–Crippen MR) is 52.0 cm³/mol. The molecule has 0 bridgehead atoms. The van der Waals surface area contributed by atoms with E-state index >= 15 is 0 Å². The molecule has 4 nitrogen and oxygen atoms in total. The van der Waals surface area contributed by atoms with E-state index in [4.69, 9.17) is 5.73 Å². The smallest absolute Gasteiger partial charge is 0.468 e. The van der Waals surface area contributed by atoms with Crippen LogP contribution in [0.25, 0.3) is 0 Å². The van der Waals surface area contributed by atoms with Gasteiger partial charge in [0.1, 0.15) is 17.6 Å². The van der Waals surface area contributed by atoms with Crippen LogP contribution in [-0.4, -0.2) is 19.4 Å². The standard InChI is InChI=1S/C10H9F4NO3/c1-17-9(16)8(15)5-2-6(11)4-7(3-5)18-10(12,13)14/h2-4,8H,15H2,1H3. The number of halogens is 4. The summed E-state index contributed by atoms with van der Waals surface area (Å²) >= 11 is 0. The van der Waals surface area contributed by atoms with E-state index in [9.17, 15) is 22.4 Å². The van der Waals surface area contributed by atoms with Crippen molar-refractivity contribution in [2.75, 3.05) is 7.11 Å². The number of esters is 1. The van der Waals surface area contributed by atoms with E-state index in [1.165, 1.54) is 0 Å². The molecule has 1 rings (SSSR count). The van der Waals surface area contributed by atoms with Crippen molar-refractivity contribution in [3.8, 4) is 5.75 Å². The molecule has 1 aromatic rings. The first-order chi connectivity index (χ1) is 8.23. The van der Waals surface area contributed by atoms with Crippen molar-refractivity contribution in [1.29, 1.82) is 0 Å². The summed E-state index contributed by atoms with van der Waals surface area (Å²) in [6.45, 7) is 0. The Hall–Kier alpha value is -1.83. The summed E-state index contributed by atoms with van der Waals surface area (Å²) < 4.78 is 56.8. The Balaban J connectivity index is 3.04. The molecule has 0 fully saturated rings. The van der Waals surface area contributed by atoms with Crippen LogP contribution < -0.4 is 10.5 Å². The van der Waals surface area contributed by atoms with Gasteiger partial charge in [0.25, 0.3) is 0 Å². The SMILES string of the molecule is COC(=O)C(N)c1cc(F)cc(OC(F)(F)F)c1. The lowest BCUT2D eigenvalue weighted by Crippen LogP contribution is -2.23. The van der Waals surface area contributed by atoms with Crippen LogP contribution in [0.3, 0.4) is 0 Å². The van der Waals surface area contributed by atoms with E-state index < -0.39 is 29.9 Å².